The van der Waals surface area contributed by atoms with Gasteiger partial charge >= 0.3 is 0 Å². The van der Waals surface area contributed by atoms with Gasteiger partial charge in [0.1, 0.15) is 5.65 Å². The quantitative estimate of drug-likeness (QED) is 0.754. The van der Waals surface area contributed by atoms with Gasteiger partial charge in [-0.15, -0.1) is 0 Å². The van der Waals surface area contributed by atoms with Crippen LogP contribution in [0.4, 0.5) is 0 Å². The summed E-state index contributed by atoms with van der Waals surface area (Å²) in [5.74, 6) is 0. The topological polar surface area (TPSA) is 62.8 Å². The summed E-state index contributed by atoms with van der Waals surface area (Å²) in [6.45, 7) is 4.66. The van der Waals surface area contributed by atoms with Gasteiger partial charge in [0.05, 0.1) is 24.6 Å². The maximum Gasteiger partial charge on any atom is 0.137 e. The van der Waals surface area contributed by atoms with Crippen LogP contribution >= 0.6 is 0 Å². The van der Waals surface area contributed by atoms with E-state index >= 15 is 0 Å². The third kappa shape index (κ3) is 2.55. The van der Waals surface area contributed by atoms with Crippen LogP contribution in [-0.2, 0) is 17.8 Å². The summed E-state index contributed by atoms with van der Waals surface area (Å²) in [5, 5.41) is 4.77. The van der Waals surface area contributed by atoms with Crippen LogP contribution in [0.1, 0.15) is 41.3 Å². The number of H-pyrrole nitrogens is 1. The van der Waals surface area contributed by atoms with Crippen molar-refractivity contribution in [3.05, 3.63) is 46.9 Å². The lowest BCUT2D eigenvalue weighted by Gasteiger charge is -2.23. The second-order valence-electron chi connectivity index (χ2n) is 7.07. The fourth-order valence-corrected chi connectivity index (χ4v) is 4.02. The van der Waals surface area contributed by atoms with Gasteiger partial charge in [-0.3, -0.25) is 4.98 Å². The zero-order chi connectivity index (χ0) is 16.8. The molecule has 1 unspecified atom stereocenters. The third-order valence-electron chi connectivity index (χ3n) is 5.43. The molecule has 5 rings (SSSR count). The zero-order valence-electron chi connectivity index (χ0n) is 14.4. The van der Waals surface area contributed by atoms with E-state index in [2.05, 4.69) is 34.3 Å². The molecule has 2 aliphatic rings. The highest BCUT2D eigenvalue weighted by molar-refractivity contribution is 5.83. The Balaban J connectivity index is 1.66. The van der Waals surface area contributed by atoms with Gasteiger partial charge in [-0.05, 0) is 56.0 Å². The summed E-state index contributed by atoms with van der Waals surface area (Å²) < 4.78 is 5.72. The van der Waals surface area contributed by atoms with Crippen LogP contribution in [0.2, 0.25) is 0 Å². The minimum absolute atomic E-state index is 0.348. The third-order valence-corrected chi connectivity index (χ3v) is 5.43. The Kier molecular flexibility index (Phi) is 3.57. The van der Waals surface area contributed by atoms with Crippen molar-refractivity contribution in [3.8, 4) is 11.3 Å². The number of hydrogen-bond donors (Lipinski definition) is 2. The number of pyridine rings is 2. The maximum atomic E-state index is 5.72. The molecule has 0 bridgehead atoms. The van der Waals surface area contributed by atoms with E-state index in [9.17, 15) is 0 Å². The van der Waals surface area contributed by atoms with Crippen LogP contribution in [0.25, 0.3) is 22.3 Å². The molecule has 2 N–H and O–H groups in total. The fraction of sp³-hybridized carbons (Fsp3) is 0.400. The fourth-order valence-electron chi connectivity index (χ4n) is 4.02. The summed E-state index contributed by atoms with van der Waals surface area (Å²) in [4.78, 5) is 12.9. The van der Waals surface area contributed by atoms with Crippen LogP contribution in [-0.4, -0.2) is 28.1 Å². The highest BCUT2D eigenvalue weighted by atomic mass is 16.5. The van der Waals surface area contributed by atoms with Crippen LogP contribution < -0.4 is 5.32 Å². The lowest BCUT2D eigenvalue weighted by molar-refractivity contribution is 0.109. The van der Waals surface area contributed by atoms with E-state index in [0.29, 0.717) is 12.6 Å². The monoisotopic (exact) mass is 334 g/mol. The number of nitrogens with one attached hydrogen (secondary N) is 2. The first-order valence-corrected chi connectivity index (χ1v) is 9.07. The predicted molar refractivity (Wildman–Crippen MR) is 97.4 cm³/mol. The minimum atomic E-state index is 0.348. The maximum absolute atomic E-state index is 5.72. The van der Waals surface area contributed by atoms with Crippen molar-refractivity contribution in [2.45, 2.75) is 38.8 Å². The summed E-state index contributed by atoms with van der Waals surface area (Å²) in [6, 6.07) is 4.79. The van der Waals surface area contributed by atoms with Gasteiger partial charge in [0.2, 0.25) is 0 Å². The Morgan fingerprint density at radius 3 is 3.12 bits per heavy atom. The van der Waals surface area contributed by atoms with Crippen LogP contribution in [0.3, 0.4) is 0 Å². The number of aromatic nitrogens is 3. The lowest BCUT2D eigenvalue weighted by atomic mass is 9.95. The normalized spacial score (nSPS) is 20.1. The molecule has 3 aromatic heterocycles. The van der Waals surface area contributed by atoms with Gasteiger partial charge in [0.25, 0.3) is 0 Å². The molecule has 1 fully saturated rings. The predicted octanol–water partition coefficient (Wildman–Crippen LogP) is 3.43. The molecule has 5 heteroatoms. The van der Waals surface area contributed by atoms with Crippen molar-refractivity contribution >= 4 is 11.0 Å². The van der Waals surface area contributed by atoms with Gasteiger partial charge in [-0.1, -0.05) is 0 Å². The Bertz CT molecular complexity index is 940. The molecule has 0 radical (unpaired) electrons. The summed E-state index contributed by atoms with van der Waals surface area (Å²) in [5.41, 5.74) is 8.12. The SMILES string of the molecule is Cc1c[nH]c2ncc(-c3cc4c(c(C5CCCN5)n3)COCC4)cc12. The molecule has 128 valence electrons. The highest BCUT2D eigenvalue weighted by Crippen LogP contribution is 2.33. The Labute approximate surface area is 146 Å². The molecule has 0 aliphatic carbocycles. The zero-order valence-corrected chi connectivity index (χ0v) is 14.4. The molecule has 0 saturated carbocycles. The van der Waals surface area contributed by atoms with E-state index in [0.717, 1.165) is 42.9 Å². The Hall–Kier alpha value is -2.24. The standard InChI is InChI=1S/C20H22N4O/c1-12-9-22-20-15(12)7-14(10-23-20)18-8-13-4-6-25-11-16(13)19(24-18)17-3-2-5-21-17/h7-10,17,21H,2-6,11H2,1H3,(H,22,23). The van der Waals surface area contributed by atoms with Gasteiger partial charge in [-0.25, -0.2) is 4.98 Å². The first-order valence-electron chi connectivity index (χ1n) is 9.07. The molecule has 3 aromatic rings. The highest BCUT2D eigenvalue weighted by Gasteiger charge is 2.25. The lowest BCUT2D eigenvalue weighted by Crippen LogP contribution is -2.21. The van der Waals surface area contributed by atoms with Gasteiger partial charge in [0.15, 0.2) is 0 Å². The molecular weight excluding hydrogens is 312 g/mol. The molecule has 25 heavy (non-hydrogen) atoms. The van der Waals surface area contributed by atoms with Crippen molar-refractivity contribution < 1.29 is 4.74 Å². The van der Waals surface area contributed by atoms with Crippen molar-refractivity contribution in [2.24, 2.45) is 0 Å². The molecule has 1 atom stereocenters. The average Bonchev–Trinajstić information content (AvgIpc) is 3.31. The largest absolute Gasteiger partial charge is 0.376 e. The molecule has 1 saturated heterocycles. The first-order chi connectivity index (χ1) is 12.3. The first kappa shape index (κ1) is 15.0. The number of aromatic amines is 1. The number of nitrogens with zero attached hydrogens (tertiary/aromatic N) is 2. The molecule has 2 aliphatic heterocycles. The number of hydrogen-bond acceptors (Lipinski definition) is 4. The van der Waals surface area contributed by atoms with Gasteiger partial charge < -0.3 is 15.0 Å². The van der Waals surface area contributed by atoms with Crippen molar-refractivity contribution in [1.82, 2.24) is 20.3 Å². The van der Waals surface area contributed by atoms with Crippen LogP contribution in [0.15, 0.2) is 24.5 Å². The van der Waals surface area contributed by atoms with Crippen molar-refractivity contribution in [1.29, 1.82) is 0 Å². The smallest absolute Gasteiger partial charge is 0.137 e. The van der Waals surface area contributed by atoms with Crippen LogP contribution in [0.5, 0.6) is 0 Å². The number of rotatable bonds is 2. The average molecular weight is 334 g/mol. The Morgan fingerprint density at radius 2 is 2.24 bits per heavy atom. The molecular formula is C20H22N4O. The molecule has 0 amide bonds. The van der Waals surface area contributed by atoms with Gasteiger partial charge in [-0.2, -0.15) is 0 Å². The van der Waals surface area contributed by atoms with E-state index in [1.165, 1.54) is 34.2 Å². The molecule has 5 nitrogen and oxygen atoms in total. The second kappa shape index (κ2) is 5.93. The van der Waals surface area contributed by atoms with E-state index in [1.807, 2.05) is 12.4 Å². The second-order valence-corrected chi connectivity index (χ2v) is 7.07. The van der Waals surface area contributed by atoms with E-state index in [1.54, 1.807) is 0 Å². The number of aryl methyl sites for hydroxylation is 1. The molecule has 0 aromatic carbocycles. The molecule has 5 heterocycles. The Morgan fingerprint density at radius 1 is 1.28 bits per heavy atom. The van der Waals surface area contributed by atoms with Crippen molar-refractivity contribution in [2.75, 3.05) is 13.2 Å². The number of fused-ring (bicyclic) bond motifs is 2. The summed E-state index contributed by atoms with van der Waals surface area (Å²) in [7, 11) is 0. The van der Waals surface area contributed by atoms with E-state index in [4.69, 9.17) is 9.72 Å². The van der Waals surface area contributed by atoms with Gasteiger partial charge in [0, 0.05) is 34.9 Å². The molecule has 0 spiro atoms. The van der Waals surface area contributed by atoms with Crippen molar-refractivity contribution in [3.63, 3.8) is 0 Å². The number of ether oxygens (including phenoxy) is 1. The van der Waals surface area contributed by atoms with E-state index in [-0.39, 0.29) is 0 Å². The minimum Gasteiger partial charge on any atom is -0.376 e. The van der Waals surface area contributed by atoms with Crippen LogP contribution in [0, 0.1) is 6.92 Å². The summed E-state index contributed by atoms with van der Waals surface area (Å²) in [6.07, 6.45) is 7.26. The van der Waals surface area contributed by atoms with E-state index < -0.39 is 0 Å². The summed E-state index contributed by atoms with van der Waals surface area (Å²) >= 11 is 0.